The maximum atomic E-state index is 4.70. The Balaban J connectivity index is 2.29. The van der Waals surface area contributed by atoms with Gasteiger partial charge in [0.1, 0.15) is 0 Å². The summed E-state index contributed by atoms with van der Waals surface area (Å²) in [7, 11) is 0. The van der Waals surface area contributed by atoms with E-state index in [-0.39, 0.29) is 0 Å². The van der Waals surface area contributed by atoms with Crippen LogP contribution in [0.1, 0.15) is 6.42 Å². The zero-order chi connectivity index (χ0) is 11.2. The molecule has 0 fully saturated rings. The monoisotopic (exact) mass is 217 g/mol. The third-order valence-electron chi connectivity index (χ3n) is 3.47. The normalized spacial score (nSPS) is 16.5. The van der Waals surface area contributed by atoms with Gasteiger partial charge < -0.3 is 0 Å². The number of rotatable bonds is 0. The Hall–Kier alpha value is -2.15. The summed E-state index contributed by atoms with van der Waals surface area (Å²) < 4.78 is 0. The van der Waals surface area contributed by atoms with E-state index in [4.69, 9.17) is 4.99 Å². The smallest absolute Gasteiger partial charge is 0.0719 e. The van der Waals surface area contributed by atoms with Crippen LogP contribution >= 0.6 is 0 Å². The number of hydrogen-bond donors (Lipinski definition) is 0. The summed E-state index contributed by atoms with van der Waals surface area (Å²) in [5.41, 5.74) is 2.51. The van der Waals surface area contributed by atoms with Crippen LogP contribution in [0.3, 0.4) is 0 Å². The van der Waals surface area contributed by atoms with E-state index < -0.39 is 0 Å². The van der Waals surface area contributed by atoms with Gasteiger partial charge in [-0.05, 0) is 34.9 Å². The van der Waals surface area contributed by atoms with Crippen molar-refractivity contribution in [3.8, 4) is 0 Å². The Morgan fingerprint density at radius 1 is 1.00 bits per heavy atom. The van der Waals surface area contributed by atoms with Crippen LogP contribution in [-0.2, 0) is 0 Å². The Labute approximate surface area is 99.1 Å². The number of hydrogen-bond acceptors (Lipinski definition) is 1. The van der Waals surface area contributed by atoms with E-state index >= 15 is 0 Å². The van der Waals surface area contributed by atoms with Crippen LogP contribution in [0.25, 0.3) is 16.3 Å². The van der Waals surface area contributed by atoms with E-state index in [1.807, 2.05) is 0 Å². The lowest BCUT2D eigenvalue weighted by Gasteiger charge is -2.04. The zero-order valence-electron chi connectivity index (χ0n) is 9.35. The molecule has 80 valence electrons. The number of benzene rings is 2. The van der Waals surface area contributed by atoms with Crippen LogP contribution in [0.15, 0.2) is 65.3 Å². The first kappa shape index (κ1) is 8.94. The van der Waals surface area contributed by atoms with E-state index in [1.165, 1.54) is 21.6 Å². The third-order valence-corrected chi connectivity index (χ3v) is 3.47. The highest BCUT2D eigenvalue weighted by atomic mass is 14.8. The number of allylic oxidation sites excluding steroid dienone is 4. The lowest BCUT2D eigenvalue weighted by Crippen LogP contribution is -2.23. The highest BCUT2D eigenvalue weighted by Crippen LogP contribution is 2.23. The van der Waals surface area contributed by atoms with Gasteiger partial charge in [0.05, 0.1) is 11.1 Å². The maximum Gasteiger partial charge on any atom is 0.0719 e. The topological polar surface area (TPSA) is 12.4 Å². The molecule has 4 rings (SSSR count). The summed E-state index contributed by atoms with van der Waals surface area (Å²) in [6, 6.07) is 12.8. The highest BCUT2D eigenvalue weighted by molar-refractivity contribution is 5.87. The molecule has 0 spiro atoms. The molecule has 0 bridgehead atoms. The summed E-state index contributed by atoms with van der Waals surface area (Å²) in [6.45, 7) is 0. The molecule has 2 aromatic carbocycles. The molecule has 0 saturated heterocycles. The van der Waals surface area contributed by atoms with E-state index in [1.54, 1.807) is 0 Å². The maximum absolute atomic E-state index is 4.70. The Kier molecular flexibility index (Phi) is 1.67. The predicted molar refractivity (Wildman–Crippen MR) is 70.0 cm³/mol. The van der Waals surface area contributed by atoms with Crippen LogP contribution in [-0.4, -0.2) is 0 Å². The molecule has 2 aromatic rings. The van der Waals surface area contributed by atoms with Crippen LogP contribution in [0, 0.1) is 0 Å². The molecule has 0 saturated carbocycles. The molecular weight excluding hydrogens is 206 g/mol. The second kappa shape index (κ2) is 3.17. The van der Waals surface area contributed by atoms with E-state index in [9.17, 15) is 0 Å². The van der Waals surface area contributed by atoms with Crippen molar-refractivity contribution in [1.29, 1.82) is 0 Å². The van der Waals surface area contributed by atoms with Crippen molar-refractivity contribution >= 4 is 16.3 Å². The van der Waals surface area contributed by atoms with E-state index in [0.29, 0.717) is 0 Å². The first-order chi connectivity index (χ1) is 8.43. The number of fused-ring (bicyclic) bond motifs is 4. The fourth-order valence-electron chi connectivity index (χ4n) is 2.69. The minimum atomic E-state index is 0.996. The van der Waals surface area contributed by atoms with Gasteiger partial charge in [-0.15, -0.1) is 0 Å². The molecule has 17 heavy (non-hydrogen) atoms. The van der Waals surface area contributed by atoms with Gasteiger partial charge in [-0.2, -0.15) is 0 Å². The van der Waals surface area contributed by atoms with Crippen LogP contribution in [0.4, 0.5) is 0 Å². The third kappa shape index (κ3) is 1.17. The average Bonchev–Trinajstić information content (AvgIpc) is 2.77. The molecule has 1 heteroatoms. The van der Waals surface area contributed by atoms with Gasteiger partial charge in [0, 0.05) is 5.22 Å². The lowest BCUT2D eigenvalue weighted by atomic mass is 9.99. The lowest BCUT2D eigenvalue weighted by molar-refractivity contribution is 1.27. The molecule has 0 radical (unpaired) electrons. The molecule has 1 nitrogen and oxygen atoms in total. The van der Waals surface area contributed by atoms with Crippen molar-refractivity contribution < 1.29 is 0 Å². The molecule has 2 aliphatic rings. The molecule has 0 aromatic heterocycles. The second-order valence-corrected chi connectivity index (χ2v) is 4.46. The number of nitrogens with zero attached hydrogens (tertiary/aromatic N) is 1. The molecule has 0 atom stereocenters. The van der Waals surface area contributed by atoms with Crippen LogP contribution in [0.2, 0.25) is 0 Å². The van der Waals surface area contributed by atoms with Gasteiger partial charge in [0.25, 0.3) is 0 Å². The molecule has 1 heterocycles. The van der Waals surface area contributed by atoms with Crippen molar-refractivity contribution in [2.75, 3.05) is 0 Å². The molecule has 0 N–H and O–H groups in total. The van der Waals surface area contributed by atoms with Crippen molar-refractivity contribution in [3.63, 3.8) is 0 Å². The standard InChI is InChI=1S/C16H11N/c1-2-6-12-11(5-1)9-10-15-16(12)13-7-3-4-8-14(13)17-15/h1-6,8-10H,7H2. The zero-order valence-corrected chi connectivity index (χ0v) is 9.35. The minimum absolute atomic E-state index is 0.996. The first-order valence-corrected chi connectivity index (χ1v) is 5.90. The van der Waals surface area contributed by atoms with Gasteiger partial charge in [-0.3, -0.25) is 0 Å². The first-order valence-electron chi connectivity index (χ1n) is 5.90. The van der Waals surface area contributed by atoms with E-state index in [0.717, 1.165) is 17.5 Å². The van der Waals surface area contributed by atoms with Crippen LogP contribution < -0.4 is 10.6 Å². The molecule has 0 unspecified atom stereocenters. The molecule has 1 aliphatic carbocycles. The predicted octanol–water partition coefficient (Wildman–Crippen LogP) is 2.47. The van der Waals surface area contributed by atoms with Crippen molar-refractivity contribution in [1.82, 2.24) is 0 Å². The summed E-state index contributed by atoms with van der Waals surface area (Å²) in [4.78, 5) is 4.70. The summed E-state index contributed by atoms with van der Waals surface area (Å²) in [6.07, 6.45) is 7.39. The Morgan fingerprint density at radius 2 is 1.94 bits per heavy atom. The Morgan fingerprint density at radius 3 is 2.94 bits per heavy atom. The van der Waals surface area contributed by atoms with Gasteiger partial charge in [-0.1, -0.05) is 42.5 Å². The SMILES string of the molecule is C1=CCC2=c3c(ccc4ccccc34)=NC2=C1. The van der Waals surface area contributed by atoms with Gasteiger partial charge in [-0.25, -0.2) is 4.99 Å². The summed E-state index contributed by atoms with van der Waals surface area (Å²) in [5.74, 6) is 0. The van der Waals surface area contributed by atoms with Gasteiger partial charge in [0.2, 0.25) is 0 Å². The fraction of sp³-hybridized carbons (Fsp3) is 0.0625. The summed E-state index contributed by atoms with van der Waals surface area (Å²) in [5, 5.41) is 5.07. The molecule has 0 amide bonds. The van der Waals surface area contributed by atoms with Gasteiger partial charge in [0.15, 0.2) is 0 Å². The molecule has 1 aliphatic heterocycles. The van der Waals surface area contributed by atoms with Crippen LogP contribution in [0.5, 0.6) is 0 Å². The fourth-order valence-corrected chi connectivity index (χ4v) is 2.69. The average molecular weight is 217 g/mol. The largest absolute Gasteiger partial charge is 0.248 e. The minimum Gasteiger partial charge on any atom is -0.248 e. The molecular formula is C16H11N. The van der Waals surface area contributed by atoms with Crippen molar-refractivity contribution in [3.05, 3.63) is 70.9 Å². The van der Waals surface area contributed by atoms with Crippen molar-refractivity contribution in [2.24, 2.45) is 4.99 Å². The highest BCUT2D eigenvalue weighted by Gasteiger charge is 2.14. The van der Waals surface area contributed by atoms with E-state index in [2.05, 4.69) is 54.6 Å². The quantitative estimate of drug-likeness (QED) is 0.643. The summed E-state index contributed by atoms with van der Waals surface area (Å²) >= 11 is 0. The second-order valence-electron chi connectivity index (χ2n) is 4.46. The Bertz CT molecular complexity index is 807. The van der Waals surface area contributed by atoms with Gasteiger partial charge >= 0.3 is 0 Å². The van der Waals surface area contributed by atoms with Crippen molar-refractivity contribution in [2.45, 2.75) is 6.42 Å².